The van der Waals surface area contributed by atoms with E-state index < -0.39 is 16.1 Å². The van der Waals surface area contributed by atoms with Crippen molar-refractivity contribution < 1.29 is 18.3 Å². The van der Waals surface area contributed by atoms with Crippen LogP contribution in [0.4, 0.5) is 5.69 Å². The zero-order valence-corrected chi connectivity index (χ0v) is 21.7. The fourth-order valence-corrected chi connectivity index (χ4v) is 6.22. The van der Waals surface area contributed by atoms with Crippen molar-refractivity contribution >= 4 is 33.5 Å². The summed E-state index contributed by atoms with van der Waals surface area (Å²) >= 11 is 0. The zero-order valence-electron chi connectivity index (χ0n) is 20.9. The monoisotopic (exact) mass is 510 g/mol. The van der Waals surface area contributed by atoms with Gasteiger partial charge in [-0.1, -0.05) is 38.1 Å². The maximum Gasteiger partial charge on any atom is 0.250 e. The number of fused-ring (bicyclic) bond motifs is 1. The van der Waals surface area contributed by atoms with E-state index >= 15 is 0 Å². The highest BCUT2D eigenvalue weighted by molar-refractivity contribution is 7.89. The number of nitrogens with two attached hydrogens (primary N) is 1. The van der Waals surface area contributed by atoms with Gasteiger partial charge in [0.15, 0.2) is 0 Å². The van der Waals surface area contributed by atoms with Crippen LogP contribution in [0.15, 0.2) is 57.9 Å². The van der Waals surface area contributed by atoms with Crippen molar-refractivity contribution in [2.24, 2.45) is 10.7 Å². The van der Waals surface area contributed by atoms with Crippen molar-refractivity contribution in [2.75, 3.05) is 26.2 Å². The lowest BCUT2D eigenvalue weighted by atomic mass is 10.0. The van der Waals surface area contributed by atoms with E-state index in [9.17, 15) is 18.3 Å². The highest BCUT2D eigenvalue weighted by Gasteiger charge is 2.31. The fourth-order valence-electron chi connectivity index (χ4n) is 4.68. The van der Waals surface area contributed by atoms with E-state index in [1.54, 1.807) is 18.2 Å². The summed E-state index contributed by atoms with van der Waals surface area (Å²) in [5, 5.41) is 9.78. The molecule has 1 saturated heterocycles. The number of amides is 1. The summed E-state index contributed by atoms with van der Waals surface area (Å²) in [6.45, 7) is 5.92. The average molecular weight is 511 g/mol. The molecule has 2 heterocycles. The first-order valence-corrected chi connectivity index (χ1v) is 13.9. The molecule has 0 saturated carbocycles. The predicted molar refractivity (Wildman–Crippen MR) is 142 cm³/mol. The number of hydrogen-bond donors (Lipinski definition) is 2. The normalized spacial score (nSPS) is 18.2. The highest BCUT2D eigenvalue weighted by atomic mass is 32.2. The molecule has 36 heavy (non-hydrogen) atoms. The van der Waals surface area contributed by atoms with Gasteiger partial charge in [-0.15, -0.1) is 0 Å². The molecule has 2 aliphatic heterocycles. The minimum absolute atomic E-state index is 0.0151. The smallest absolute Gasteiger partial charge is 0.250 e. The molecule has 0 aromatic heterocycles. The SMILES string of the molecule is CCCN(CCC)C(=O)C1=Cc2ccc(-c3cccc(S(=O)(=O)N4CCC(O)C4)c3)cc2N=C(N)C1. The van der Waals surface area contributed by atoms with Crippen LogP contribution in [0.25, 0.3) is 17.2 Å². The number of amidine groups is 1. The molecule has 2 aliphatic rings. The summed E-state index contributed by atoms with van der Waals surface area (Å²) < 4.78 is 27.5. The number of benzene rings is 2. The third kappa shape index (κ3) is 5.53. The largest absolute Gasteiger partial charge is 0.392 e. The van der Waals surface area contributed by atoms with E-state index in [-0.39, 0.29) is 23.8 Å². The second kappa shape index (κ2) is 10.9. The fraction of sp³-hybridized carbons (Fsp3) is 0.407. The lowest BCUT2D eigenvalue weighted by Crippen LogP contribution is -2.34. The van der Waals surface area contributed by atoms with Gasteiger partial charge in [-0.2, -0.15) is 4.31 Å². The van der Waals surface area contributed by atoms with Crippen LogP contribution in [-0.2, 0) is 14.8 Å². The van der Waals surface area contributed by atoms with E-state index in [1.165, 1.54) is 4.31 Å². The zero-order chi connectivity index (χ0) is 25.9. The molecule has 3 N–H and O–H groups in total. The molecule has 2 aromatic carbocycles. The molecular formula is C27H34N4O4S. The molecule has 0 radical (unpaired) electrons. The maximum atomic E-state index is 13.2. The number of hydrogen-bond acceptors (Lipinski definition) is 6. The summed E-state index contributed by atoms with van der Waals surface area (Å²) in [7, 11) is -3.69. The van der Waals surface area contributed by atoms with E-state index in [4.69, 9.17) is 5.73 Å². The highest BCUT2D eigenvalue weighted by Crippen LogP contribution is 2.33. The summed E-state index contributed by atoms with van der Waals surface area (Å²) in [6.07, 6.45) is 3.73. The Bertz CT molecular complexity index is 1300. The number of aliphatic imine (C=N–C) groups is 1. The predicted octanol–water partition coefficient (Wildman–Crippen LogP) is 3.53. The maximum absolute atomic E-state index is 13.2. The number of nitrogens with zero attached hydrogens (tertiary/aromatic N) is 3. The molecule has 9 heteroatoms. The molecule has 0 bridgehead atoms. The second-order valence-electron chi connectivity index (χ2n) is 9.35. The van der Waals surface area contributed by atoms with Crippen LogP contribution in [0, 0.1) is 0 Å². The summed E-state index contributed by atoms with van der Waals surface area (Å²) in [5.74, 6) is 0.348. The Morgan fingerprint density at radius 2 is 1.86 bits per heavy atom. The van der Waals surface area contributed by atoms with Crippen LogP contribution in [-0.4, -0.2) is 66.8 Å². The molecular weight excluding hydrogens is 476 g/mol. The number of carbonyl (C=O) groups excluding carboxylic acids is 1. The Morgan fingerprint density at radius 1 is 1.14 bits per heavy atom. The third-order valence-electron chi connectivity index (χ3n) is 6.48. The number of aliphatic hydroxyl groups is 1. The first-order chi connectivity index (χ1) is 17.2. The molecule has 8 nitrogen and oxygen atoms in total. The number of aliphatic hydroxyl groups excluding tert-OH is 1. The molecule has 1 fully saturated rings. The quantitative estimate of drug-likeness (QED) is 0.564. The molecule has 4 rings (SSSR count). The van der Waals surface area contributed by atoms with Crippen molar-refractivity contribution in [1.82, 2.24) is 9.21 Å². The van der Waals surface area contributed by atoms with Gasteiger partial charge < -0.3 is 15.7 Å². The van der Waals surface area contributed by atoms with Crippen LogP contribution in [0.1, 0.15) is 45.1 Å². The second-order valence-corrected chi connectivity index (χ2v) is 11.3. The van der Waals surface area contributed by atoms with Gasteiger partial charge in [-0.05, 0) is 54.7 Å². The van der Waals surface area contributed by atoms with Gasteiger partial charge in [0.2, 0.25) is 15.9 Å². The number of sulfonamides is 1. The molecule has 192 valence electrons. The van der Waals surface area contributed by atoms with Crippen LogP contribution >= 0.6 is 0 Å². The Hall–Kier alpha value is -3.01. The first kappa shape index (κ1) is 26.1. The van der Waals surface area contributed by atoms with Crippen LogP contribution in [0.5, 0.6) is 0 Å². The molecule has 0 spiro atoms. The first-order valence-electron chi connectivity index (χ1n) is 12.5. The number of β-amino-alcohol motifs (C(OH)–C–C–N with tert-alkyl or cyclic N) is 1. The van der Waals surface area contributed by atoms with Crippen molar-refractivity contribution in [2.45, 2.75) is 50.5 Å². The van der Waals surface area contributed by atoms with Gasteiger partial charge in [-0.3, -0.25) is 4.79 Å². The molecule has 0 aliphatic carbocycles. The van der Waals surface area contributed by atoms with Gasteiger partial charge in [-0.25, -0.2) is 13.4 Å². The Labute approximate surface area is 213 Å². The molecule has 1 atom stereocenters. The summed E-state index contributed by atoms with van der Waals surface area (Å²) in [5.41, 5.74) is 9.79. The van der Waals surface area contributed by atoms with Crippen molar-refractivity contribution in [3.63, 3.8) is 0 Å². The van der Waals surface area contributed by atoms with Gasteiger partial charge in [0.05, 0.1) is 16.7 Å². The van der Waals surface area contributed by atoms with Gasteiger partial charge >= 0.3 is 0 Å². The third-order valence-corrected chi connectivity index (χ3v) is 8.34. The topological polar surface area (TPSA) is 116 Å². The van der Waals surface area contributed by atoms with E-state index in [2.05, 4.69) is 18.8 Å². The van der Waals surface area contributed by atoms with Crippen molar-refractivity contribution in [1.29, 1.82) is 0 Å². The minimum Gasteiger partial charge on any atom is -0.392 e. The lowest BCUT2D eigenvalue weighted by molar-refractivity contribution is -0.127. The Morgan fingerprint density at radius 3 is 2.53 bits per heavy atom. The van der Waals surface area contributed by atoms with E-state index in [0.717, 1.165) is 29.5 Å². The van der Waals surface area contributed by atoms with Crippen LogP contribution < -0.4 is 5.73 Å². The van der Waals surface area contributed by atoms with Gasteiger partial charge in [0, 0.05) is 43.7 Å². The number of carbonyl (C=O) groups is 1. The summed E-state index contributed by atoms with van der Waals surface area (Å²) in [6, 6.07) is 12.4. The Kier molecular flexibility index (Phi) is 7.92. The molecule has 1 unspecified atom stereocenters. The van der Waals surface area contributed by atoms with Crippen molar-refractivity contribution in [3.8, 4) is 11.1 Å². The molecule has 2 aromatic rings. The van der Waals surface area contributed by atoms with Gasteiger partial charge in [0.25, 0.3) is 0 Å². The van der Waals surface area contributed by atoms with Crippen molar-refractivity contribution in [3.05, 3.63) is 53.6 Å². The number of rotatable bonds is 8. The van der Waals surface area contributed by atoms with Gasteiger partial charge in [0.1, 0.15) is 5.84 Å². The van der Waals surface area contributed by atoms with E-state index in [1.807, 2.05) is 35.2 Å². The van der Waals surface area contributed by atoms with E-state index in [0.29, 0.717) is 43.2 Å². The lowest BCUT2D eigenvalue weighted by Gasteiger charge is -2.22. The average Bonchev–Trinajstić information content (AvgIpc) is 3.23. The van der Waals surface area contributed by atoms with Crippen LogP contribution in [0.3, 0.4) is 0 Å². The van der Waals surface area contributed by atoms with Crippen LogP contribution in [0.2, 0.25) is 0 Å². The molecule has 1 amide bonds. The standard InChI is InChI=1S/C27H34N4O4S/c1-3-11-30(12-4-2)27(33)22-14-21-9-8-20(16-25(21)29-26(28)17-22)19-6-5-7-24(15-19)36(34,35)31-13-10-23(32)18-31/h5-9,14-16,23,32H,3-4,10-13,17-18H2,1-2H3,(H2,28,29). The Balaban J connectivity index is 1.66. The summed E-state index contributed by atoms with van der Waals surface area (Å²) in [4.78, 5) is 19.8. The minimum atomic E-state index is -3.69.